The summed E-state index contributed by atoms with van der Waals surface area (Å²) >= 11 is 0. The number of anilines is 1. The minimum atomic E-state index is -4.30. The zero-order valence-corrected chi connectivity index (χ0v) is 18.5. The van der Waals surface area contributed by atoms with Gasteiger partial charge in [-0.25, -0.2) is 0 Å². The molecule has 2 aromatic carbocycles. The van der Waals surface area contributed by atoms with Gasteiger partial charge in [0.25, 0.3) is 10.1 Å². The van der Waals surface area contributed by atoms with Crippen molar-refractivity contribution >= 4 is 27.5 Å². The van der Waals surface area contributed by atoms with Gasteiger partial charge in [-0.2, -0.15) is 8.42 Å². The molecule has 2 N–H and O–H groups in total. The number of carbonyl (C=O) groups excluding carboxylic acids is 2. The van der Waals surface area contributed by atoms with E-state index in [0.29, 0.717) is 23.6 Å². The van der Waals surface area contributed by atoms with E-state index in [-0.39, 0.29) is 17.1 Å². The standard InChI is InChI=1S/C23H29NO6S/c1-2-3-4-5-6-7-16-30-20-12-8-18(9-13-20)22(25)17-23(26)24-19-10-14-21(15-11-19)31(27,28)29/h8-15H,2-7,16-17H2,1H3,(H,24,26)(H,27,28,29). The molecule has 0 saturated carbocycles. The number of nitrogens with one attached hydrogen (secondary N) is 1. The minimum Gasteiger partial charge on any atom is -0.494 e. The van der Waals surface area contributed by atoms with Crippen molar-refractivity contribution in [3.05, 3.63) is 54.1 Å². The first-order chi connectivity index (χ1) is 14.8. The fourth-order valence-corrected chi connectivity index (χ4v) is 3.45. The third-order valence-corrected chi connectivity index (χ3v) is 5.57. The van der Waals surface area contributed by atoms with E-state index in [2.05, 4.69) is 12.2 Å². The molecule has 0 bridgehead atoms. The maximum atomic E-state index is 12.3. The Bertz CT molecular complexity index is 953. The van der Waals surface area contributed by atoms with Crippen LogP contribution in [0.15, 0.2) is 53.4 Å². The molecule has 0 aliphatic heterocycles. The smallest absolute Gasteiger partial charge is 0.294 e. The number of rotatable bonds is 13. The molecule has 0 aromatic heterocycles. The lowest BCUT2D eigenvalue weighted by Crippen LogP contribution is -2.16. The molecule has 0 fully saturated rings. The van der Waals surface area contributed by atoms with Crippen molar-refractivity contribution in [2.24, 2.45) is 0 Å². The highest BCUT2D eigenvalue weighted by atomic mass is 32.2. The van der Waals surface area contributed by atoms with Gasteiger partial charge in [-0.3, -0.25) is 14.1 Å². The second kappa shape index (κ2) is 12.2. The van der Waals surface area contributed by atoms with Crippen molar-refractivity contribution in [2.45, 2.75) is 56.8 Å². The Morgan fingerprint density at radius 2 is 1.52 bits per heavy atom. The Labute approximate surface area is 183 Å². The SMILES string of the molecule is CCCCCCCCOc1ccc(C(=O)CC(=O)Nc2ccc(S(=O)(=O)O)cc2)cc1. The van der Waals surface area contributed by atoms with Gasteiger partial charge in [0, 0.05) is 11.3 Å². The number of unbranched alkanes of at least 4 members (excludes halogenated alkanes) is 5. The number of ketones is 1. The summed E-state index contributed by atoms with van der Waals surface area (Å²) in [5.41, 5.74) is 0.729. The highest BCUT2D eigenvalue weighted by Gasteiger charge is 2.13. The summed E-state index contributed by atoms with van der Waals surface area (Å²) in [5, 5.41) is 2.52. The number of hydrogen-bond acceptors (Lipinski definition) is 5. The average Bonchev–Trinajstić information content (AvgIpc) is 2.73. The Morgan fingerprint density at radius 1 is 0.903 bits per heavy atom. The topological polar surface area (TPSA) is 110 Å². The van der Waals surface area contributed by atoms with Crippen molar-refractivity contribution < 1.29 is 27.3 Å². The molecule has 0 aliphatic rings. The van der Waals surface area contributed by atoms with Crippen LogP contribution in [0.5, 0.6) is 5.75 Å². The van der Waals surface area contributed by atoms with Gasteiger partial charge >= 0.3 is 0 Å². The fraction of sp³-hybridized carbons (Fsp3) is 0.391. The Hall–Kier alpha value is -2.71. The lowest BCUT2D eigenvalue weighted by atomic mass is 10.1. The van der Waals surface area contributed by atoms with E-state index in [4.69, 9.17) is 9.29 Å². The van der Waals surface area contributed by atoms with Crippen LogP contribution < -0.4 is 10.1 Å². The van der Waals surface area contributed by atoms with E-state index < -0.39 is 16.0 Å². The molecular weight excluding hydrogens is 418 g/mol. The minimum absolute atomic E-state index is 0.277. The molecule has 0 unspecified atom stereocenters. The molecular formula is C23H29NO6S. The molecule has 7 nitrogen and oxygen atoms in total. The molecule has 1 amide bonds. The summed E-state index contributed by atoms with van der Waals surface area (Å²) in [6.07, 6.45) is 6.77. The molecule has 2 aromatic rings. The maximum absolute atomic E-state index is 12.3. The van der Waals surface area contributed by atoms with E-state index in [0.717, 1.165) is 25.0 Å². The first kappa shape index (κ1) is 24.6. The van der Waals surface area contributed by atoms with Gasteiger partial charge in [0.15, 0.2) is 5.78 Å². The second-order valence-corrected chi connectivity index (χ2v) is 8.71. The fourth-order valence-electron chi connectivity index (χ4n) is 2.97. The number of ether oxygens (including phenoxy) is 1. The largest absolute Gasteiger partial charge is 0.494 e. The quantitative estimate of drug-likeness (QED) is 0.196. The van der Waals surface area contributed by atoms with Gasteiger partial charge in [-0.1, -0.05) is 39.0 Å². The number of hydrogen-bond donors (Lipinski definition) is 2. The molecule has 2 rings (SSSR count). The van der Waals surface area contributed by atoms with Gasteiger partial charge in [0.1, 0.15) is 5.75 Å². The Balaban J connectivity index is 1.76. The first-order valence-electron chi connectivity index (χ1n) is 10.4. The summed E-state index contributed by atoms with van der Waals surface area (Å²) in [4.78, 5) is 24.1. The van der Waals surface area contributed by atoms with E-state index in [1.807, 2.05) is 0 Å². The van der Waals surface area contributed by atoms with Crippen molar-refractivity contribution in [3.8, 4) is 5.75 Å². The summed E-state index contributed by atoms with van der Waals surface area (Å²) < 4.78 is 36.7. The number of benzene rings is 2. The summed E-state index contributed by atoms with van der Waals surface area (Å²) in [5.74, 6) is -0.170. The summed E-state index contributed by atoms with van der Waals surface area (Å²) in [7, 11) is -4.30. The Kier molecular flexibility index (Phi) is 9.68. The summed E-state index contributed by atoms with van der Waals surface area (Å²) in [6, 6.07) is 11.7. The lowest BCUT2D eigenvalue weighted by Gasteiger charge is -2.08. The highest BCUT2D eigenvalue weighted by molar-refractivity contribution is 7.85. The zero-order chi connectivity index (χ0) is 22.7. The van der Waals surface area contributed by atoms with Crippen LogP contribution >= 0.6 is 0 Å². The third-order valence-electron chi connectivity index (χ3n) is 4.70. The van der Waals surface area contributed by atoms with E-state index >= 15 is 0 Å². The normalized spacial score (nSPS) is 11.2. The van der Waals surface area contributed by atoms with Crippen LogP contribution in [0.25, 0.3) is 0 Å². The van der Waals surface area contributed by atoms with Crippen LogP contribution in [-0.2, 0) is 14.9 Å². The van der Waals surface area contributed by atoms with Gasteiger partial charge in [-0.15, -0.1) is 0 Å². The van der Waals surface area contributed by atoms with Gasteiger partial charge < -0.3 is 10.1 Å². The highest BCUT2D eigenvalue weighted by Crippen LogP contribution is 2.16. The van der Waals surface area contributed by atoms with Gasteiger partial charge in [0.05, 0.1) is 17.9 Å². The number of amides is 1. The van der Waals surface area contributed by atoms with Crippen LogP contribution in [0, 0.1) is 0 Å². The van der Waals surface area contributed by atoms with Crippen molar-refractivity contribution in [2.75, 3.05) is 11.9 Å². The lowest BCUT2D eigenvalue weighted by molar-refractivity contribution is -0.115. The van der Waals surface area contributed by atoms with Gasteiger partial charge in [0.2, 0.25) is 5.91 Å². The van der Waals surface area contributed by atoms with Crippen LogP contribution in [0.4, 0.5) is 5.69 Å². The molecule has 168 valence electrons. The predicted octanol–water partition coefficient (Wildman–Crippen LogP) is 4.88. The van der Waals surface area contributed by atoms with E-state index in [1.54, 1.807) is 24.3 Å². The molecule has 0 heterocycles. The first-order valence-corrected chi connectivity index (χ1v) is 11.9. The van der Waals surface area contributed by atoms with Crippen molar-refractivity contribution in [3.63, 3.8) is 0 Å². The number of Topliss-reactive ketones (excluding diaryl/α,β-unsaturated/α-hetero) is 1. The van der Waals surface area contributed by atoms with Crippen LogP contribution in [0.2, 0.25) is 0 Å². The third kappa shape index (κ3) is 8.90. The van der Waals surface area contributed by atoms with Crippen LogP contribution in [0.3, 0.4) is 0 Å². The zero-order valence-electron chi connectivity index (χ0n) is 17.7. The molecule has 0 saturated heterocycles. The molecule has 31 heavy (non-hydrogen) atoms. The van der Waals surface area contributed by atoms with Crippen molar-refractivity contribution in [1.82, 2.24) is 0 Å². The second-order valence-electron chi connectivity index (χ2n) is 7.29. The average molecular weight is 448 g/mol. The van der Waals surface area contributed by atoms with Crippen LogP contribution in [0.1, 0.15) is 62.2 Å². The van der Waals surface area contributed by atoms with E-state index in [1.165, 1.54) is 37.8 Å². The van der Waals surface area contributed by atoms with Gasteiger partial charge in [-0.05, 0) is 55.0 Å². The molecule has 8 heteroatoms. The molecule has 0 atom stereocenters. The Morgan fingerprint density at radius 3 is 2.13 bits per heavy atom. The molecule has 0 spiro atoms. The maximum Gasteiger partial charge on any atom is 0.294 e. The van der Waals surface area contributed by atoms with E-state index in [9.17, 15) is 18.0 Å². The number of carbonyl (C=O) groups is 2. The summed E-state index contributed by atoms with van der Waals surface area (Å²) in [6.45, 7) is 2.83. The molecule has 0 aliphatic carbocycles. The predicted molar refractivity (Wildman–Crippen MR) is 119 cm³/mol. The van der Waals surface area contributed by atoms with Crippen LogP contribution in [-0.4, -0.2) is 31.3 Å². The van der Waals surface area contributed by atoms with Crippen molar-refractivity contribution in [1.29, 1.82) is 0 Å². The molecule has 0 radical (unpaired) electrons. The monoisotopic (exact) mass is 447 g/mol.